The largest absolute Gasteiger partial charge is 0.284 e. The minimum absolute atomic E-state index is 0.291. The van der Waals surface area contributed by atoms with E-state index in [4.69, 9.17) is 0 Å². The third-order valence-electron chi connectivity index (χ3n) is 1.91. The third-order valence-corrected chi connectivity index (χ3v) is 1.91. The molecule has 66 valence electrons. The lowest BCUT2D eigenvalue weighted by Crippen LogP contribution is -2.14. The van der Waals surface area contributed by atoms with Gasteiger partial charge in [-0.2, -0.15) is 4.39 Å². The van der Waals surface area contributed by atoms with Crippen molar-refractivity contribution >= 4 is 0 Å². The van der Waals surface area contributed by atoms with Gasteiger partial charge in [-0.3, -0.25) is 10.1 Å². The highest BCUT2D eigenvalue weighted by atomic mass is 19.1. The number of hydrogen-bond acceptors (Lipinski definition) is 2. The van der Waals surface area contributed by atoms with Crippen molar-refractivity contribution in [2.45, 2.75) is 20.3 Å². The van der Waals surface area contributed by atoms with Gasteiger partial charge in [0, 0.05) is 0 Å². The lowest BCUT2D eigenvalue weighted by Gasteiger charge is -2.13. The van der Waals surface area contributed by atoms with Gasteiger partial charge in [-0.25, -0.2) is 0 Å². The number of nitro groups is 1. The van der Waals surface area contributed by atoms with E-state index in [1.54, 1.807) is 13.8 Å². The summed E-state index contributed by atoms with van der Waals surface area (Å²) in [6.45, 7) is 3.43. The maximum absolute atomic E-state index is 13.0. The lowest BCUT2D eigenvalue weighted by molar-refractivity contribution is -0.435. The molecule has 0 aromatic carbocycles. The second kappa shape index (κ2) is 3.05. The van der Waals surface area contributed by atoms with E-state index in [1.807, 2.05) is 0 Å². The zero-order chi connectivity index (χ0) is 9.30. The van der Waals surface area contributed by atoms with Crippen LogP contribution in [0.3, 0.4) is 0 Å². The van der Waals surface area contributed by atoms with Crippen molar-refractivity contribution in [3.8, 4) is 0 Å². The molecule has 0 amide bonds. The molecule has 0 fully saturated rings. The fourth-order valence-corrected chi connectivity index (χ4v) is 1.43. The molecule has 4 heteroatoms. The zero-order valence-corrected chi connectivity index (χ0v) is 7.00. The summed E-state index contributed by atoms with van der Waals surface area (Å²) in [7, 11) is 0. The van der Waals surface area contributed by atoms with Crippen LogP contribution in [0, 0.1) is 16.0 Å². The van der Waals surface area contributed by atoms with Crippen molar-refractivity contribution in [3.63, 3.8) is 0 Å². The summed E-state index contributed by atoms with van der Waals surface area (Å²) in [5, 5.41) is 10.4. The van der Waals surface area contributed by atoms with E-state index in [-0.39, 0.29) is 11.6 Å². The number of halogens is 1. The van der Waals surface area contributed by atoms with Gasteiger partial charge in [0.15, 0.2) is 5.83 Å². The van der Waals surface area contributed by atoms with Gasteiger partial charge in [-0.05, 0) is 19.4 Å². The summed E-state index contributed by atoms with van der Waals surface area (Å²) < 4.78 is 13.0. The molecule has 0 saturated carbocycles. The van der Waals surface area contributed by atoms with E-state index < -0.39 is 10.8 Å². The van der Waals surface area contributed by atoms with Crippen molar-refractivity contribution < 1.29 is 9.31 Å². The van der Waals surface area contributed by atoms with Gasteiger partial charge in [0.1, 0.15) is 0 Å². The Bertz CT molecular complexity index is 281. The average Bonchev–Trinajstić information content (AvgIpc) is 1.82. The molecular formula is C8H10FNO2. The second-order valence-electron chi connectivity index (χ2n) is 3.09. The van der Waals surface area contributed by atoms with E-state index >= 15 is 0 Å². The Balaban J connectivity index is 3.08. The molecule has 0 bridgehead atoms. The molecule has 0 N–H and O–H groups in total. The molecule has 0 aliphatic heterocycles. The first-order chi connectivity index (χ1) is 5.52. The Hall–Kier alpha value is -1.19. The predicted octanol–water partition coefficient (Wildman–Crippen LogP) is 2.43. The quantitative estimate of drug-likeness (QED) is 0.449. The van der Waals surface area contributed by atoms with Gasteiger partial charge < -0.3 is 0 Å². The van der Waals surface area contributed by atoms with E-state index in [1.165, 1.54) is 6.08 Å². The van der Waals surface area contributed by atoms with Crippen molar-refractivity contribution in [2.24, 2.45) is 5.92 Å². The summed E-state index contributed by atoms with van der Waals surface area (Å²) in [4.78, 5) is 9.72. The van der Waals surface area contributed by atoms with Crippen LogP contribution in [0.4, 0.5) is 4.39 Å². The molecule has 1 aliphatic rings. The van der Waals surface area contributed by atoms with Crippen molar-refractivity contribution in [1.29, 1.82) is 0 Å². The van der Waals surface area contributed by atoms with Crippen LogP contribution >= 0.6 is 0 Å². The summed E-state index contributed by atoms with van der Waals surface area (Å²) in [6, 6.07) is 0. The smallest absolute Gasteiger partial charge is 0.259 e. The zero-order valence-electron chi connectivity index (χ0n) is 7.00. The molecule has 1 unspecified atom stereocenters. The highest BCUT2D eigenvalue weighted by molar-refractivity contribution is 5.26. The Morgan fingerprint density at radius 1 is 1.75 bits per heavy atom. The van der Waals surface area contributed by atoms with Crippen LogP contribution < -0.4 is 0 Å². The second-order valence-corrected chi connectivity index (χ2v) is 3.09. The number of rotatable bonds is 1. The molecule has 3 nitrogen and oxygen atoms in total. The van der Waals surface area contributed by atoms with Crippen LogP contribution in [0.2, 0.25) is 0 Å². The Morgan fingerprint density at radius 3 is 2.75 bits per heavy atom. The fraction of sp³-hybridized carbons (Fsp3) is 0.500. The first kappa shape index (κ1) is 8.90. The monoisotopic (exact) mass is 171 g/mol. The summed E-state index contributed by atoms with van der Waals surface area (Å²) in [5.41, 5.74) is 0.561. The SMILES string of the molecule is CC1=CC(F)=C([N+](=O)[O-])C(C)C1. The van der Waals surface area contributed by atoms with Crippen molar-refractivity contribution in [1.82, 2.24) is 0 Å². The molecular weight excluding hydrogens is 161 g/mol. The normalized spacial score (nSPS) is 23.9. The van der Waals surface area contributed by atoms with E-state index in [9.17, 15) is 14.5 Å². The Labute approximate surface area is 69.7 Å². The third kappa shape index (κ3) is 1.52. The molecule has 0 aromatic heterocycles. The molecule has 0 spiro atoms. The Morgan fingerprint density at radius 2 is 2.33 bits per heavy atom. The van der Waals surface area contributed by atoms with E-state index in [2.05, 4.69) is 0 Å². The van der Waals surface area contributed by atoms with E-state index in [0.717, 1.165) is 5.57 Å². The molecule has 1 atom stereocenters. The van der Waals surface area contributed by atoms with Crippen LogP contribution in [0.15, 0.2) is 23.2 Å². The molecule has 1 aliphatic carbocycles. The van der Waals surface area contributed by atoms with Crippen LogP contribution in [-0.2, 0) is 0 Å². The predicted molar refractivity (Wildman–Crippen MR) is 42.7 cm³/mol. The first-order valence-electron chi connectivity index (χ1n) is 3.73. The van der Waals surface area contributed by atoms with Crippen molar-refractivity contribution in [2.75, 3.05) is 0 Å². The van der Waals surface area contributed by atoms with Crippen LogP contribution in [-0.4, -0.2) is 4.92 Å². The highest BCUT2D eigenvalue weighted by Gasteiger charge is 2.28. The first-order valence-corrected chi connectivity index (χ1v) is 3.73. The van der Waals surface area contributed by atoms with Crippen LogP contribution in [0.5, 0.6) is 0 Å². The highest BCUT2D eigenvalue weighted by Crippen LogP contribution is 2.29. The van der Waals surface area contributed by atoms with Crippen molar-refractivity contribution in [3.05, 3.63) is 33.3 Å². The van der Waals surface area contributed by atoms with Gasteiger partial charge in [0.2, 0.25) is 0 Å². The minimum atomic E-state index is -0.698. The minimum Gasteiger partial charge on any atom is -0.259 e. The van der Waals surface area contributed by atoms with E-state index in [0.29, 0.717) is 6.42 Å². The number of hydrogen-bond donors (Lipinski definition) is 0. The molecule has 0 radical (unpaired) electrons. The van der Waals surface area contributed by atoms with Crippen LogP contribution in [0.25, 0.3) is 0 Å². The molecule has 1 rings (SSSR count). The van der Waals surface area contributed by atoms with Gasteiger partial charge in [-0.15, -0.1) is 0 Å². The molecule has 0 saturated heterocycles. The maximum Gasteiger partial charge on any atom is 0.284 e. The van der Waals surface area contributed by atoms with Gasteiger partial charge in [-0.1, -0.05) is 12.5 Å². The summed E-state index contributed by atoms with van der Waals surface area (Å²) >= 11 is 0. The maximum atomic E-state index is 13.0. The Kier molecular flexibility index (Phi) is 2.26. The van der Waals surface area contributed by atoms with Crippen LogP contribution in [0.1, 0.15) is 20.3 Å². The lowest BCUT2D eigenvalue weighted by atomic mass is 9.93. The molecule has 0 aromatic rings. The summed E-state index contributed by atoms with van der Waals surface area (Å²) in [5.74, 6) is -1.01. The average molecular weight is 171 g/mol. The molecule has 0 heterocycles. The fourth-order valence-electron chi connectivity index (χ4n) is 1.43. The standard InChI is InChI=1S/C8H10FNO2/c1-5-3-6(2)8(10(11)12)7(9)4-5/h4,6H,3H2,1-2H3. The number of nitrogens with zero attached hydrogens (tertiary/aromatic N) is 1. The number of allylic oxidation sites excluding steroid dienone is 4. The van der Waals surface area contributed by atoms with Gasteiger partial charge in [0.05, 0.1) is 10.8 Å². The summed E-state index contributed by atoms with van der Waals surface area (Å²) in [6.07, 6.45) is 1.81. The molecule has 12 heavy (non-hydrogen) atoms. The topological polar surface area (TPSA) is 43.1 Å². The van der Waals surface area contributed by atoms with Gasteiger partial charge >= 0.3 is 0 Å². The van der Waals surface area contributed by atoms with Gasteiger partial charge in [0.25, 0.3) is 5.70 Å².